The zero-order chi connectivity index (χ0) is 15.9. The molecule has 1 aromatic rings. The monoisotopic (exact) mass is 304 g/mol. The Hall–Kier alpha value is -2.37. The van der Waals surface area contributed by atoms with Gasteiger partial charge in [-0.1, -0.05) is 43.2 Å². The van der Waals surface area contributed by atoms with Crippen LogP contribution in [0.1, 0.15) is 31.2 Å². The van der Waals surface area contributed by atoms with Crippen molar-refractivity contribution in [3.8, 4) is 0 Å². The number of nitrogens with one attached hydrogen (secondary N) is 2. The van der Waals surface area contributed by atoms with E-state index in [9.17, 15) is 14.4 Å². The third kappa shape index (κ3) is 4.31. The highest BCUT2D eigenvalue weighted by atomic mass is 16.4. The summed E-state index contributed by atoms with van der Waals surface area (Å²) in [5.41, 5.74) is 5.55. The van der Waals surface area contributed by atoms with Crippen molar-refractivity contribution in [1.29, 1.82) is 0 Å². The molecule has 2 atom stereocenters. The smallest absolute Gasteiger partial charge is 0.307 e. The second-order valence-corrected chi connectivity index (χ2v) is 5.54. The Morgan fingerprint density at radius 1 is 1.00 bits per heavy atom. The fourth-order valence-electron chi connectivity index (χ4n) is 2.79. The summed E-state index contributed by atoms with van der Waals surface area (Å²) in [7, 11) is 0. The lowest BCUT2D eigenvalue weighted by Gasteiger charge is -2.27. The standard InChI is InChI=1S/C16H20N2O4/c19-14(10-11-6-2-1-3-7-11)17-18-15(20)12-8-4-5-9-13(12)16(21)22/h1-3,6-7,12-13H,4-5,8-10H2,(H,17,19)(H,18,20)(H,21,22)/t12-,13-/m0/s1. The maximum absolute atomic E-state index is 12.1. The minimum absolute atomic E-state index is 0.161. The number of rotatable bonds is 4. The second kappa shape index (κ2) is 7.59. The molecule has 1 aliphatic rings. The molecule has 0 spiro atoms. The molecule has 0 bridgehead atoms. The van der Waals surface area contributed by atoms with Gasteiger partial charge in [0, 0.05) is 0 Å². The Kier molecular flexibility index (Phi) is 5.52. The summed E-state index contributed by atoms with van der Waals surface area (Å²) >= 11 is 0. The van der Waals surface area contributed by atoms with E-state index in [2.05, 4.69) is 10.9 Å². The minimum Gasteiger partial charge on any atom is -0.481 e. The number of carbonyl (C=O) groups is 3. The van der Waals surface area contributed by atoms with E-state index in [4.69, 9.17) is 5.11 Å². The number of hydrazine groups is 1. The summed E-state index contributed by atoms with van der Waals surface area (Å²) in [4.78, 5) is 35.0. The molecule has 0 aromatic heterocycles. The first kappa shape index (κ1) is 16.0. The van der Waals surface area contributed by atoms with Crippen LogP contribution in [0.4, 0.5) is 0 Å². The Balaban J connectivity index is 1.83. The largest absolute Gasteiger partial charge is 0.481 e. The summed E-state index contributed by atoms with van der Waals surface area (Å²) in [6.45, 7) is 0. The Morgan fingerprint density at radius 2 is 1.64 bits per heavy atom. The zero-order valence-corrected chi connectivity index (χ0v) is 12.2. The van der Waals surface area contributed by atoms with Crippen molar-refractivity contribution in [2.75, 3.05) is 0 Å². The van der Waals surface area contributed by atoms with Crippen LogP contribution in [0.25, 0.3) is 0 Å². The van der Waals surface area contributed by atoms with Gasteiger partial charge in [-0.15, -0.1) is 0 Å². The normalized spacial score (nSPS) is 20.9. The third-order valence-corrected chi connectivity index (χ3v) is 3.95. The lowest BCUT2D eigenvalue weighted by atomic mass is 9.79. The molecule has 3 N–H and O–H groups in total. The minimum atomic E-state index is -0.949. The number of carboxylic acids is 1. The van der Waals surface area contributed by atoms with E-state index < -0.39 is 23.7 Å². The summed E-state index contributed by atoms with van der Waals surface area (Å²) in [5, 5.41) is 9.16. The van der Waals surface area contributed by atoms with Gasteiger partial charge in [-0.05, 0) is 18.4 Å². The van der Waals surface area contributed by atoms with Gasteiger partial charge in [0.2, 0.25) is 11.8 Å². The van der Waals surface area contributed by atoms with E-state index in [1.165, 1.54) is 0 Å². The number of hydrogen-bond acceptors (Lipinski definition) is 3. The molecule has 1 fully saturated rings. The van der Waals surface area contributed by atoms with Gasteiger partial charge in [0.1, 0.15) is 0 Å². The molecule has 1 saturated carbocycles. The van der Waals surface area contributed by atoms with Crippen LogP contribution >= 0.6 is 0 Å². The molecule has 0 heterocycles. The van der Waals surface area contributed by atoms with Crippen molar-refractivity contribution in [2.24, 2.45) is 11.8 Å². The van der Waals surface area contributed by atoms with E-state index in [1.54, 1.807) is 0 Å². The van der Waals surface area contributed by atoms with E-state index in [0.717, 1.165) is 18.4 Å². The molecule has 1 aliphatic carbocycles. The fourth-order valence-corrected chi connectivity index (χ4v) is 2.79. The van der Waals surface area contributed by atoms with E-state index in [-0.39, 0.29) is 12.3 Å². The molecule has 1 aromatic carbocycles. The lowest BCUT2D eigenvalue weighted by Crippen LogP contribution is -2.48. The van der Waals surface area contributed by atoms with Crippen LogP contribution in [0.15, 0.2) is 30.3 Å². The molecule has 6 nitrogen and oxygen atoms in total. The Labute approximate surface area is 128 Å². The van der Waals surface area contributed by atoms with Gasteiger partial charge < -0.3 is 5.11 Å². The molecule has 2 amide bonds. The number of benzene rings is 1. The molecule has 0 aliphatic heterocycles. The fraction of sp³-hybridized carbons (Fsp3) is 0.438. The molecular formula is C16H20N2O4. The molecule has 0 saturated heterocycles. The first-order chi connectivity index (χ1) is 10.6. The van der Waals surface area contributed by atoms with Crippen molar-refractivity contribution in [3.05, 3.63) is 35.9 Å². The third-order valence-electron chi connectivity index (χ3n) is 3.95. The van der Waals surface area contributed by atoms with Crippen molar-refractivity contribution in [1.82, 2.24) is 10.9 Å². The number of hydrogen-bond donors (Lipinski definition) is 3. The second-order valence-electron chi connectivity index (χ2n) is 5.54. The average Bonchev–Trinajstić information content (AvgIpc) is 2.53. The molecule has 0 unspecified atom stereocenters. The quantitative estimate of drug-likeness (QED) is 0.730. The van der Waals surface area contributed by atoms with Crippen LogP contribution in [0.2, 0.25) is 0 Å². The maximum atomic E-state index is 12.1. The Morgan fingerprint density at radius 3 is 2.27 bits per heavy atom. The summed E-state index contributed by atoms with van der Waals surface area (Å²) in [6, 6.07) is 9.17. The Bertz CT molecular complexity index is 544. The van der Waals surface area contributed by atoms with Crippen LogP contribution in [0, 0.1) is 11.8 Å². The van der Waals surface area contributed by atoms with E-state index >= 15 is 0 Å². The molecule has 2 rings (SSSR count). The number of aliphatic carboxylic acids is 1. The average molecular weight is 304 g/mol. The van der Waals surface area contributed by atoms with E-state index in [1.807, 2.05) is 30.3 Å². The van der Waals surface area contributed by atoms with Gasteiger partial charge in [-0.3, -0.25) is 25.2 Å². The first-order valence-electron chi connectivity index (χ1n) is 7.43. The van der Waals surface area contributed by atoms with Gasteiger partial charge in [0.25, 0.3) is 0 Å². The number of carboxylic acid groups (broad SMARTS) is 1. The van der Waals surface area contributed by atoms with Crippen molar-refractivity contribution in [2.45, 2.75) is 32.1 Å². The van der Waals surface area contributed by atoms with E-state index in [0.29, 0.717) is 12.8 Å². The number of carbonyl (C=O) groups excluding carboxylic acids is 2. The van der Waals surface area contributed by atoms with Crippen molar-refractivity contribution in [3.63, 3.8) is 0 Å². The van der Waals surface area contributed by atoms with Gasteiger partial charge >= 0.3 is 5.97 Å². The molecule has 118 valence electrons. The van der Waals surface area contributed by atoms with Gasteiger partial charge in [-0.25, -0.2) is 0 Å². The van der Waals surface area contributed by atoms with Crippen LogP contribution in [0.5, 0.6) is 0 Å². The summed E-state index contributed by atoms with van der Waals surface area (Å²) in [5.74, 6) is -2.95. The van der Waals surface area contributed by atoms with Crippen LogP contribution in [-0.4, -0.2) is 22.9 Å². The zero-order valence-electron chi connectivity index (χ0n) is 12.2. The van der Waals surface area contributed by atoms with Crippen molar-refractivity contribution < 1.29 is 19.5 Å². The summed E-state index contributed by atoms with van der Waals surface area (Å²) < 4.78 is 0. The predicted octanol–water partition coefficient (Wildman–Crippen LogP) is 1.27. The van der Waals surface area contributed by atoms with Gasteiger partial charge in [0.05, 0.1) is 18.3 Å². The van der Waals surface area contributed by atoms with Crippen LogP contribution in [-0.2, 0) is 20.8 Å². The van der Waals surface area contributed by atoms with Crippen LogP contribution < -0.4 is 10.9 Å². The topological polar surface area (TPSA) is 95.5 Å². The SMILES string of the molecule is O=C(Cc1ccccc1)NNC(=O)[C@H]1CCCC[C@@H]1C(=O)O. The maximum Gasteiger partial charge on any atom is 0.307 e. The van der Waals surface area contributed by atoms with Gasteiger partial charge in [0.15, 0.2) is 0 Å². The highest BCUT2D eigenvalue weighted by Gasteiger charge is 2.35. The molecular weight excluding hydrogens is 284 g/mol. The first-order valence-corrected chi connectivity index (χ1v) is 7.43. The summed E-state index contributed by atoms with van der Waals surface area (Å²) in [6.07, 6.45) is 2.86. The van der Waals surface area contributed by atoms with Crippen molar-refractivity contribution >= 4 is 17.8 Å². The lowest BCUT2D eigenvalue weighted by molar-refractivity contribution is -0.149. The number of amides is 2. The molecule has 6 heteroatoms. The molecule has 22 heavy (non-hydrogen) atoms. The van der Waals surface area contributed by atoms with Crippen LogP contribution in [0.3, 0.4) is 0 Å². The highest BCUT2D eigenvalue weighted by Crippen LogP contribution is 2.30. The predicted molar refractivity (Wildman–Crippen MR) is 79.5 cm³/mol. The van der Waals surface area contributed by atoms with Gasteiger partial charge in [-0.2, -0.15) is 0 Å². The molecule has 0 radical (unpaired) electrons. The highest BCUT2D eigenvalue weighted by molar-refractivity contribution is 5.87.